The van der Waals surface area contributed by atoms with Crippen LogP contribution >= 0.6 is 15.9 Å². The summed E-state index contributed by atoms with van der Waals surface area (Å²) in [5.41, 5.74) is 0. The normalized spacial score (nSPS) is 25.2. The fraction of sp³-hybridized carbons (Fsp3) is 1.00. The van der Waals surface area contributed by atoms with Crippen LogP contribution in [0.3, 0.4) is 0 Å². The number of piperidine rings is 1. The van der Waals surface area contributed by atoms with Crippen molar-refractivity contribution in [2.75, 3.05) is 25.0 Å². The standard InChI is InChI=1S/C12H21BrF3N/c1-9(2)10(6-13)7-17-5-3-4-11(8-17)12(14,15)16/h9-11H,3-8H2,1-2H3. The van der Waals surface area contributed by atoms with Gasteiger partial charge in [-0.25, -0.2) is 0 Å². The predicted octanol–water partition coefficient (Wildman–Crippen LogP) is 3.93. The highest BCUT2D eigenvalue weighted by atomic mass is 79.9. The molecule has 1 fully saturated rings. The van der Waals surface area contributed by atoms with Gasteiger partial charge in [-0.3, -0.25) is 0 Å². The number of hydrogen-bond donors (Lipinski definition) is 0. The number of nitrogens with zero attached hydrogens (tertiary/aromatic N) is 1. The summed E-state index contributed by atoms with van der Waals surface area (Å²) in [6.45, 7) is 6.01. The third-order valence-electron chi connectivity index (χ3n) is 3.60. The average Bonchev–Trinajstić information content (AvgIpc) is 2.24. The van der Waals surface area contributed by atoms with Gasteiger partial charge in [0.2, 0.25) is 0 Å². The molecule has 0 aromatic rings. The van der Waals surface area contributed by atoms with Crippen LogP contribution in [0.5, 0.6) is 0 Å². The highest BCUT2D eigenvalue weighted by Gasteiger charge is 2.41. The van der Waals surface area contributed by atoms with Crippen LogP contribution < -0.4 is 0 Å². The molecule has 1 nitrogen and oxygen atoms in total. The van der Waals surface area contributed by atoms with Crippen LogP contribution in [0.2, 0.25) is 0 Å². The first-order chi connectivity index (χ1) is 7.84. The Hall–Kier alpha value is 0.230. The molecule has 0 aromatic heterocycles. The maximum atomic E-state index is 12.7. The van der Waals surface area contributed by atoms with E-state index in [0.717, 1.165) is 18.4 Å². The van der Waals surface area contributed by atoms with Crippen molar-refractivity contribution in [3.05, 3.63) is 0 Å². The van der Waals surface area contributed by atoms with E-state index in [1.54, 1.807) is 0 Å². The van der Waals surface area contributed by atoms with Crippen LogP contribution in [-0.4, -0.2) is 36.0 Å². The van der Waals surface area contributed by atoms with Crippen LogP contribution in [0.4, 0.5) is 13.2 Å². The van der Waals surface area contributed by atoms with Crippen molar-refractivity contribution in [2.45, 2.75) is 32.9 Å². The van der Waals surface area contributed by atoms with Crippen LogP contribution in [0.1, 0.15) is 26.7 Å². The fourth-order valence-corrected chi connectivity index (χ4v) is 3.21. The van der Waals surface area contributed by atoms with Crippen molar-refractivity contribution >= 4 is 15.9 Å². The lowest BCUT2D eigenvalue weighted by atomic mass is 9.93. The smallest absolute Gasteiger partial charge is 0.302 e. The Kier molecular flexibility index (Phi) is 5.77. The zero-order chi connectivity index (χ0) is 13.1. The molecule has 0 aromatic carbocycles. The largest absolute Gasteiger partial charge is 0.393 e. The summed E-state index contributed by atoms with van der Waals surface area (Å²) in [7, 11) is 0. The predicted molar refractivity (Wildman–Crippen MR) is 67.3 cm³/mol. The first-order valence-corrected chi connectivity index (χ1v) is 7.31. The van der Waals surface area contributed by atoms with Crippen molar-refractivity contribution in [2.24, 2.45) is 17.8 Å². The summed E-state index contributed by atoms with van der Waals surface area (Å²) in [5.74, 6) is -0.193. The van der Waals surface area contributed by atoms with E-state index in [-0.39, 0.29) is 6.54 Å². The second-order valence-electron chi connectivity index (χ2n) is 5.30. The summed E-state index contributed by atoms with van der Waals surface area (Å²) in [6, 6.07) is 0. The zero-order valence-corrected chi connectivity index (χ0v) is 12.0. The van der Waals surface area contributed by atoms with E-state index in [4.69, 9.17) is 0 Å². The van der Waals surface area contributed by atoms with Gasteiger partial charge >= 0.3 is 6.18 Å². The summed E-state index contributed by atoms with van der Waals surface area (Å²) in [4.78, 5) is 1.98. The highest BCUT2D eigenvalue weighted by molar-refractivity contribution is 9.09. The van der Waals surface area contributed by atoms with Crippen LogP contribution in [0.15, 0.2) is 0 Å². The minimum absolute atomic E-state index is 0.180. The average molecular weight is 316 g/mol. The SMILES string of the molecule is CC(C)C(CBr)CN1CCCC(C(F)(F)F)C1. The van der Waals surface area contributed by atoms with E-state index < -0.39 is 12.1 Å². The second-order valence-corrected chi connectivity index (χ2v) is 5.95. The molecule has 1 rings (SSSR count). The van der Waals surface area contributed by atoms with Crippen LogP contribution in [-0.2, 0) is 0 Å². The Bertz CT molecular complexity index is 228. The lowest BCUT2D eigenvalue weighted by Crippen LogP contribution is -2.44. The molecule has 2 atom stereocenters. The number of alkyl halides is 4. The minimum atomic E-state index is -4.03. The van der Waals surface area contributed by atoms with E-state index in [9.17, 15) is 13.2 Å². The molecular weight excluding hydrogens is 295 g/mol. The fourth-order valence-electron chi connectivity index (χ4n) is 2.26. The van der Waals surface area contributed by atoms with Crippen molar-refractivity contribution < 1.29 is 13.2 Å². The molecule has 2 unspecified atom stereocenters. The molecule has 0 aliphatic carbocycles. The molecule has 1 aliphatic rings. The second kappa shape index (κ2) is 6.41. The Morgan fingerprint density at radius 1 is 1.35 bits per heavy atom. The molecule has 1 saturated heterocycles. The van der Waals surface area contributed by atoms with Crippen molar-refractivity contribution in [3.8, 4) is 0 Å². The molecule has 1 heterocycles. The van der Waals surface area contributed by atoms with Gasteiger partial charge in [0.05, 0.1) is 5.92 Å². The molecule has 0 spiro atoms. The van der Waals surface area contributed by atoms with E-state index >= 15 is 0 Å². The van der Waals surface area contributed by atoms with Crippen molar-refractivity contribution in [1.82, 2.24) is 4.90 Å². The molecule has 0 N–H and O–H groups in total. The Labute approximate surface area is 110 Å². The molecule has 17 heavy (non-hydrogen) atoms. The Balaban J connectivity index is 2.49. The first kappa shape index (κ1) is 15.3. The van der Waals surface area contributed by atoms with E-state index in [2.05, 4.69) is 29.8 Å². The summed E-state index contributed by atoms with van der Waals surface area (Å²) >= 11 is 3.45. The highest BCUT2D eigenvalue weighted by Crippen LogP contribution is 2.33. The van der Waals surface area contributed by atoms with E-state index in [1.165, 1.54) is 0 Å². The molecule has 5 heteroatoms. The third-order valence-corrected chi connectivity index (χ3v) is 4.43. The van der Waals surface area contributed by atoms with Gasteiger partial charge in [-0.15, -0.1) is 0 Å². The third kappa shape index (κ3) is 4.78. The van der Waals surface area contributed by atoms with Gasteiger partial charge in [0.1, 0.15) is 0 Å². The zero-order valence-electron chi connectivity index (χ0n) is 10.4. The number of likely N-dealkylation sites (tertiary alicyclic amines) is 1. The van der Waals surface area contributed by atoms with Crippen molar-refractivity contribution in [3.63, 3.8) is 0 Å². The molecule has 1 aliphatic heterocycles. The molecule has 0 amide bonds. The first-order valence-electron chi connectivity index (χ1n) is 6.19. The van der Waals surface area contributed by atoms with Gasteiger partial charge < -0.3 is 4.90 Å². The van der Waals surface area contributed by atoms with Crippen LogP contribution in [0.25, 0.3) is 0 Å². The Morgan fingerprint density at radius 2 is 2.00 bits per heavy atom. The van der Waals surface area contributed by atoms with Gasteiger partial charge in [-0.2, -0.15) is 13.2 Å². The summed E-state index contributed by atoms with van der Waals surface area (Å²) < 4.78 is 38.0. The van der Waals surface area contributed by atoms with Gasteiger partial charge in [0.25, 0.3) is 0 Å². The topological polar surface area (TPSA) is 3.24 Å². The number of hydrogen-bond acceptors (Lipinski definition) is 1. The number of rotatable bonds is 4. The lowest BCUT2D eigenvalue weighted by Gasteiger charge is -2.36. The quantitative estimate of drug-likeness (QED) is 0.711. The molecular formula is C12H21BrF3N. The minimum Gasteiger partial charge on any atom is -0.302 e. The van der Waals surface area contributed by atoms with Crippen LogP contribution in [0, 0.1) is 17.8 Å². The van der Waals surface area contributed by atoms with E-state index in [0.29, 0.717) is 24.7 Å². The maximum Gasteiger partial charge on any atom is 0.393 e. The van der Waals surface area contributed by atoms with Gasteiger partial charge in [0, 0.05) is 18.4 Å². The lowest BCUT2D eigenvalue weighted by molar-refractivity contribution is -0.187. The summed E-state index contributed by atoms with van der Waals surface area (Å²) in [5, 5.41) is 0.859. The molecule has 102 valence electrons. The van der Waals surface area contributed by atoms with Gasteiger partial charge in [-0.05, 0) is 31.2 Å². The summed E-state index contributed by atoms with van der Waals surface area (Å²) in [6.07, 6.45) is -3.07. The Morgan fingerprint density at radius 3 is 2.47 bits per heavy atom. The number of halogens is 4. The molecule has 0 bridgehead atoms. The maximum absolute atomic E-state index is 12.7. The van der Waals surface area contributed by atoms with E-state index in [1.807, 2.05) is 4.90 Å². The van der Waals surface area contributed by atoms with Crippen molar-refractivity contribution in [1.29, 1.82) is 0 Å². The molecule has 0 radical (unpaired) electrons. The molecule has 0 saturated carbocycles. The monoisotopic (exact) mass is 315 g/mol. The van der Waals surface area contributed by atoms with Gasteiger partial charge in [-0.1, -0.05) is 29.8 Å². The van der Waals surface area contributed by atoms with Gasteiger partial charge in [0.15, 0.2) is 0 Å².